The highest BCUT2D eigenvalue weighted by Crippen LogP contribution is 2.34. The van der Waals surface area contributed by atoms with Gasteiger partial charge < -0.3 is 4.42 Å². The van der Waals surface area contributed by atoms with Crippen molar-refractivity contribution in [2.45, 2.75) is 38.6 Å². The highest BCUT2D eigenvalue weighted by molar-refractivity contribution is 5.76. The van der Waals surface area contributed by atoms with Gasteiger partial charge in [0.25, 0.3) is 0 Å². The van der Waals surface area contributed by atoms with Crippen molar-refractivity contribution in [3.8, 4) is 0 Å². The number of ketones is 1. The van der Waals surface area contributed by atoms with Gasteiger partial charge in [0.1, 0.15) is 11.5 Å². The van der Waals surface area contributed by atoms with Crippen LogP contribution in [0.2, 0.25) is 0 Å². The first-order valence-corrected chi connectivity index (χ1v) is 5.03. The van der Waals surface area contributed by atoms with E-state index in [1.54, 1.807) is 12.1 Å². The van der Waals surface area contributed by atoms with Crippen LogP contribution in [-0.2, 0) is 4.79 Å². The van der Waals surface area contributed by atoms with E-state index in [4.69, 9.17) is 4.42 Å². The number of carbonyl (C=O) groups is 1. The maximum absolute atomic E-state index is 11.2. The number of rotatable bonds is 5. The third kappa shape index (κ3) is 2.48. The van der Waals surface area contributed by atoms with Crippen molar-refractivity contribution in [1.29, 1.82) is 0 Å². The minimum atomic E-state index is -1.22. The highest BCUT2D eigenvalue weighted by atomic mass is 16.6. The Hall–Kier alpha value is -1.65. The molecule has 0 aliphatic heterocycles. The second-order valence-corrected chi connectivity index (χ2v) is 4.38. The van der Waals surface area contributed by atoms with Crippen molar-refractivity contribution in [3.63, 3.8) is 0 Å². The van der Waals surface area contributed by atoms with Gasteiger partial charge in [-0.1, -0.05) is 0 Å². The largest absolute Gasteiger partial charge is 0.469 e. The predicted molar refractivity (Wildman–Crippen MR) is 57.8 cm³/mol. The lowest BCUT2D eigenvalue weighted by Crippen LogP contribution is -2.38. The molecule has 1 atom stereocenters. The quantitative estimate of drug-likeness (QED) is 0.569. The number of hydrogen-bond acceptors (Lipinski definition) is 4. The summed E-state index contributed by atoms with van der Waals surface area (Å²) in [4.78, 5) is 21.8. The SMILES string of the molecule is CC(=O)C[C@@H](c1ccco1)C(C)(C)[N+](=O)[O-]. The van der Waals surface area contributed by atoms with Crippen LogP contribution in [0.15, 0.2) is 22.8 Å². The summed E-state index contributed by atoms with van der Waals surface area (Å²) in [5.74, 6) is -0.136. The molecule has 0 amide bonds. The van der Waals surface area contributed by atoms with Gasteiger partial charge >= 0.3 is 0 Å². The number of Topliss-reactive ketones (excluding diaryl/α,β-unsaturated/α-hetero) is 1. The summed E-state index contributed by atoms with van der Waals surface area (Å²) in [6.07, 6.45) is 1.57. The third-order valence-electron chi connectivity index (χ3n) is 2.70. The predicted octanol–water partition coefficient (Wildman–Crippen LogP) is 2.40. The summed E-state index contributed by atoms with van der Waals surface area (Å²) in [5.41, 5.74) is -1.22. The van der Waals surface area contributed by atoms with Crippen LogP contribution in [-0.4, -0.2) is 16.2 Å². The zero-order chi connectivity index (χ0) is 12.3. The van der Waals surface area contributed by atoms with Crippen LogP contribution < -0.4 is 0 Å². The Balaban J connectivity index is 3.06. The molecule has 0 spiro atoms. The Morgan fingerprint density at radius 1 is 1.62 bits per heavy atom. The first-order chi connectivity index (χ1) is 7.35. The molecule has 0 unspecified atom stereocenters. The molecule has 0 aromatic carbocycles. The number of nitro groups is 1. The van der Waals surface area contributed by atoms with Gasteiger partial charge in [-0.25, -0.2) is 0 Å². The molecule has 0 aliphatic carbocycles. The van der Waals surface area contributed by atoms with Crippen molar-refractivity contribution in [3.05, 3.63) is 34.3 Å². The Labute approximate surface area is 93.6 Å². The van der Waals surface area contributed by atoms with Crippen LogP contribution >= 0.6 is 0 Å². The molecule has 0 bridgehead atoms. The first-order valence-electron chi connectivity index (χ1n) is 5.03. The molecule has 0 saturated heterocycles. The summed E-state index contributed by atoms with van der Waals surface area (Å²) in [5, 5.41) is 11.0. The molecule has 5 nitrogen and oxygen atoms in total. The normalized spacial score (nSPS) is 13.4. The maximum Gasteiger partial charge on any atom is 0.227 e. The molecule has 0 fully saturated rings. The molecule has 16 heavy (non-hydrogen) atoms. The number of nitrogens with zero attached hydrogens (tertiary/aromatic N) is 1. The van der Waals surface area contributed by atoms with Crippen LogP contribution in [0, 0.1) is 10.1 Å². The van der Waals surface area contributed by atoms with Crippen molar-refractivity contribution in [2.24, 2.45) is 0 Å². The first kappa shape index (κ1) is 12.4. The Morgan fingerprint density at radius 3 is 2.62 bits per heavy atom. The topological polar surface area (TPSA) is 73.3 Å². The fraction of sp³-hybridized carbons (Fsp3) is 0.545. The van der Waals surface area contributed by atoms with Gasteiger partial charge in [-0.3, -0.25) is 14.9 Å². The van der Waals surface area contributed by atoms with Gasteiger partial charge in [0.2, 0.25) is 5.54 Å². The molecule has 0 aliphatic rings. The molecular formula is C11H15NO4. The zero-order valence-electron chi connectivity index (χ0n) is 9.60. The zero-order valence-corrected chi connectivity index (χ0v) is 9.60. The molecule has 0 radical (unpaired) electrons. The number of hydrogen-bond donors (Lipinski definition) is 0. The minimum absolute atomic E-state index is 0.0867. The fourth-order valence-electron chi connectivity index (χ4n) is 1.60. The van der Waals surface area contributed by atoms with Gasteiger partial charge in [0.15, 0.2) is 0 Å². The molecular weight excluding hydrogens is 210 g/mol. The lowest BCUT2D eigenvalue weighted by molar-refractivity contribution is -0.565. The van der Waals surface area contributed by atoms with E-state index in [2.05, 4.69) is 0 Å². The average Bonchev–Trinajstić information content (AvgIpc) is 2.65. The van der Waals surface area contributed by atoms with E-state index in [-0.39, 0.29) is 17.1 Å². The van der Waals surface area contributed by atoms with Crippen LogP contribution in [0.3, 0.4) is 0 Å². The Kier molecular flexibility index (Phi) is 3.47. The molecule has 0 N–H and O–H groups in total. The van der Waals surface area contributed by atoms with E-state index < -0.39 is 11.5 Å². The standard InChI is InChI=1S/C11H15NO4/c1-8(13)7-9(10-5-4-6-16-10)11(2,3)12(14)15/h4-6,9H,7H2,1-3H3/t9-/m0/s1. The number of furan rings is 1. The molecule has 1 aromatic heterocycles. The van der Waals surface area contributed by atoms with E-state index in [1.807, 2.05) is 0 Å². The van der Waals surface area contributed by atoms with Crippen LogP contribution in [0.5, 0.6) is 0 Å². The summed E-state index contributed by atoms with van der Waals surface area (Å²) in [6, 6.07) is 3.33. The molecule has 88 valence electrons. The van der Waals surface area contributed by atoms with Crippen LogP contribution in [0.4, 0.5) is 0 Å². The number of carbonyl (C=O) groups excluding carboxylic acids is 1. The van der Waals surface area contributed by atoms with Crippen molar-refractivity contribution in [1.82, 2.24) is 0 Å². The third-order valence-corrected chi connectivity index (χ3v) is 2.70. The maximum atomic E-state index is 11.2. The van der Waals surface area contributed by atoms with Gasteiger partial charge in [-0.05, 0) is 19.1 Å². The molecule has 1 heterocycles. The smallest absolute Gasteiger partial charge is 0.227 e. The lowest BCUT2D eigenvalue weighted by Gasteiger charge is -2.24. The summed E-state index contributed by atoms with van der Waals surface area (Å²) < 4.78 is 5.18. The van der Waals surface area contributed by atoms with Gasteiger partial charge in [0.05, 0.1) is 12.2 Å². The molecule has 1 aromatic rings. The van der Waals surface area contributed by atoms with E-state index in [1.165, 1.54) is 27.0 Å². The lowest BCUT2D eigenvalue weighted by atomic mass is 9.82. The van der Waals surface area contributed by atoms with Gasteiger partial charge in [-0.2, -0.15) is 0 Å². The van der Waals surface area contributed by atoms with Gasteiger partial charge in [0, 0.05) is 25.2 Å². The minimum Gasteiger partial charge on any atom is -0.469 e. The van der Waals surface area contributed by atoms with E-state index in [0.717, 1.165) is 0 Å². The second-order valence-electron chi connectivity index (χ2n) is 4.38. The summed E-state index contributed by atoms with van der Waals surface area (Å²) in [6.45, 7) is 4.43. The van der Waals surface area contributed by atoms with Crippen molar-refractivity contribution < 1.29 is 14.1 Å². The van der Waals surface area contributed by atoms with Crippen LogP contribution in [0.1, 0.15) is 38.9 Å². The van der Waals surface area contributed by atoms with E-state index >= 15 is 0 Å². The molecule has 0 saturated carbocycles. The fourth-order valence-corrected chi connectivity index (χ4v) is 1.60. The van der Waals surface area contributed by atoms with Crippen LogP contribution in [0.25, 0.3) is 0 Å². The van der Waals surface area contributed by atoms with Crippen molar-refractivity contribution >= 4 is 5.78 Å². The van der Waals surface area contributed by atoms with E-state index in [0.29, 0.717) is 5.76 Å². The Morgan fingerprint density at radius 2 is 2.25 bits per heavy atom. The second kappa shape index (κ2) is 4.47. The van der Waals surface area contributed by atoms with E-state index in [9.17, 15) is 14.9 Å². The highest BCUT2D eigenvalue weighted by Gasteiger charge is 2.43. The summed E-state index contributed by atoms with van der Waals surface area (Å²) in [7, 11) is 0. The summed E-state index contributed by atoms with van der Waals surface area (Å²) >= 11 is 0. The molecule has 5 heteroatoms. The van der Waals surface area contributed by atoms with Gasteiger partial charge in [-0.15, -0.1) is 0 Å². The average molecular weight is 225 g/mol. The molecule has 1 rings (SSSR count). The van der Waals surface area contributed by atoms with Crippen molar-refractivity contribution in [2.75, 3.05) is 0 Å². The monoisotopic (exact) mass is 225 g/mol. The Bertz CT molecular complexity index is 381.